The second kappa shape index (κ2) is 6.91. The van der Waals surface area contributed by atoms with Crippen LogP contribution in [0.2, 0.25) is 0 Å². The van der Waals surface area contributed by atoms with E-state index in [0.29, 0.717) is 0 Å². The normalized spacial score (nSPS) is 19.7. The molecule has 1 saturated heterocycles. The van der Waals surface area contributed by atoms with Crippen molar-refractivity contribution in [2.24, 2.45) is 0 Å². The van der Waals surface area contributed by atoms with Gasteiger partial charge in [0.25, 0.3) is 0 Å². The molecule has 5 heteroatoms. The third-order valence-electron chi connectivity index (χ3n) is 2.97. The lowest BCUT2D eigenvalue weighted by Gasteiger charge is -2.12. The smallest absolute Gasteiger partial charge is 0.202 e. The van der Waals surface area contributed by atoms with Gasteiger partial charge in [-0.15, -0.1) is 0 Å². The van der Waals surface area contributed by atoms with E-state index in [4.69, 9.17) is 4.74 Å². The number of hydrogen-bond donors (Lipinski definition) is 1. The first-order chi connectivity index (χ1) is 8.40. The Bertz CT molecular complexity index is 323. The summed E-state index contributed by atoms with van der Waals surface area (Å²) in [4.78, 5) is 4.36. The molecule has 1 aliphatic heterocycles. The van der Waals surface area contributed by atoms with Gasteiger partial charge in [-0.25, -0.2) is 4.98 Å². The molecule has 1 aromatic heterocycles. The number of aromatic nitrogens is 2. The maximum atomic E-state index is 5.06. The van der Waals surface area contributed by atoms with Gasteiger partial charge in [0.15, 0.2) is 0 Å². The molecule has 2 rings (SSSR count). The van der Waals surface area contributed by atoms with E-state index in [9.17, 15) is 0 Å². The number of thioether (sulfide) groups is 1. The minimum absolute atomic E-state index is 0.763. The van der Waals surface area contributed by atoms with Crippen LogP contribution in [0.15, 0.2) is 12.4 Å². The maximum absolute atomic E-state index is 5.06. The molecule has 0 radical (unpaired) electrons. The van der Waals surface area contributed by atoms with Gasteiger partial charge in [-0.05, 0) is 25.0 Å². The molecule has 0 aliphatic carbocycles. The first-order valence-electron chi connectivity index (χ1n) is 6.25. The zero-order chi connectivity index (χ0) is 11.9. The van der Waals surface area contributed by atoms with Crippen LogP contribution in [0, 0.1) is 0 Å². The molecule has 0 aromatic carbocycles. The van der Waals surface area contributed by atoms with Crippen molar-refractivity contribution in [3.63, 3.8) is 0 Å². The number of rotatable bonds is 7. The zero-order valence-corrected chi connectivity index (χ0v) is 11.2. The lowest BCUT2D eigenvalue weighted by molar-refractivity contribution is 0.190. The van der Waals surface area contributed by atoms with Crippen LogP contribution in [0.4, 0.5) is 5.95 Å². The standard InChI is InChI=1S/C12H21N3OS/c1-16-8-3-6-15-7-5-13-12(15)14-10-11-4-2-9-17-11/h5,7,11H,2-4,6,8-10H2,1H3,(H,13,14). The van der Waals surface area contributed by atoms with Crippen LogP contribution in [-0.4, -0.2) is 40.8 Å². The van der Waals surface area contributed by atoms with Gasteiger partial charge >= 0.3 is 0 Å². The van der Waals surface area contributed by atoms with Gasteiger partial charge < -0.3 is 14.6 Å². The van der Waals surface area contributed by atoms with Crippen molar-refractivity contribution < 1.29 is 4.74 Å². The first kappa shape index (κ1) is 12.8. The second-order valence-electron chi connectivity index (χ2n) is 4.31. The number of ether oxygens (including phenoxy) is 1. The Morgan fingerprint density at radius 1 is 1.65 bits per heavy atom. The monoisotopic (exact) mass is 255 g/mol. The van der Waals surface area contributed by atoms with Gasteiger partial charge in [0.1, 0.15) is 0 Å². The Balaban J connectivity index is 1.76. The molecule has 0 spiro atoms. The molecule has 1 aliphatic rings. The molecule has 2 heterocycles. The van der Waals surface area contributed by atoms with Gasteiger partial charge in [-0.2, -0.15) is 11.8 Å². The predicted molar refractivity (Wildman–Crippen MR) is 72.7 cm³/mol. The summed E-state index contributed by atoms with van der Waals surface area (Å²) in [7, 11) is 1.74. The number of aryl methyl sites for hydroxylation is 1. The number of hydrogen-bond acceptors (Lipinski definition) is 4. The summed E-state index contributed by atoms with van der Waals surface area (Å²) in [6.45, 7) is 2.80. The van der Waals surface area contributed by atoms with Crippen molar-refractivity contribution in [3.05, 3.63) is 12.4 Å². The fraction of sp³-hybridized carbons (Fsp3) is 0.750. The van der Waals surface area contributed by atoms with E-state index < -0.39 is 0 Å². The lowest BCUT2D eigenvalue weighted by Crippen LogP contribution is -2.17. The lowest BCUT2D eigenvalue weighted by atomic mass is 10.2. The van der Waals surface area contributed by atoms with Crippen molar-refractivity contribution in [2.45, 2.75) is 31.1 Å². The van der Waals surface area contributed by atoms with E-state index in [1.807, 2.05) is 12.4 Å². The van der Waals surface area contributed by atoms with Crippen LogP contribution in [0.3, 0.4) is 0 Å². The molecule has 96 valence electrons. The minimum atomic E-state index is 0.763. The molecule has 0 bridgehead atoms. The highest BCUT2D eigenvalue weighted by atomic mass is 32.2. The molecule has 4 nitrogen and oxygen atoms in total. The summed E-state index contributed by atoms with van der Waals surface area (Å²) in [6.07, 6.45) is 7.61. The average molecular weight is 255 g/mol. The van der Waals surface area contributed by atoms with Crippen LogP contribution in [-0.2, 0) is 11.3 Å². The van der Waals surface area contributed by atoms with Crippen molar-refractivity contribution in [1.82, 2.24) is 9.55 Å². The molecule has 1 unspecified atom stereocenters. The number of imidazole rings is 1. The highest BCUT2D eigenvalue weighted by Crippen LogP contribution is 2.26. The molecule has 1 aromatic rings. The molecular formula is C12H21N3OS. The van der Waals surface area contributed by atoms with Crippen LogP contribution < -0.4 is 5.32 Å². The summed E-state index contributed by atoms with van der Waals surface area (Å²) in [6, 6.07) is 0. The maximum Gasteiger partial charge on any atom is 0.202 e. The van der Waals surface area contributed by atoms with Crippen LogP contribution >= 0.6 is 11.8 Å². The van der Waals surface area contributed by atoms with Gasteiger partial charge in [0.05, 0.1) is 0 Å². The van der Waals surface area contributed by atoms with Gasteiger partial charge in [-0.3, -0.25) is 0 Å². The molecule has 1 N–H and O–H groups in total. The number of nitrogens with one attached hydrogen (secondary N) is 1. The van der Waals surface area contributed by atoms with E-state index in [-0.39, 0.29) is 0 Å². The molecule has 1 atom stereocenters. The van der Waals surface area contributed by atoms with Gasteiger partial charge in [0.2, 0.25) is 5.95 Å². The molecule has 0 saturated carbocycles. The van der Waals surface area contributed by atoms with Crippen molar-refractivity contribution in [1.29, 1.82) is 0 Å². The second-order valence-corrected chi connectivity index (χ2v) is 5.71. The predicted octanol–water partition coefficient (Wildman–Crippen LogP) is 2.23. The SMILES string of the molecule is COCCCn1ccnc1NCC1CCCS1. The topological polar surface area (TPSA) is 39.1 Å². The van der Waals surface area contributed by atoms with Gasteiger partial charge in [-0.1, -0.05) is 0 Å². The van der Waals surface area contributed by atoms with Crippen LogP contribution in [0.25, 0.3) is 0 Å². The third-order valence-corrected chi connectivity index (χ3v) is 4.37. The van der Waals surface area contributed by atoms with Crippen molar-refractivity contribution in [3.8, 4) is 0 Å². The Kier molecular flexibility index (Phi) is 5.19. The number of methoxy groups -OCH3 is 1. The highest BCUT2D eigenvalue weighted by Gasteiger charge is 2.15. The van der Waals surface area contributed by atoms with E-state index >= 15 is 0 Å². The highest BCUT2D eigenvalue weighted by molar-refractivity contribution is 8.00. The first-order valence-corrected chi connectivity index (χ1v) is 7.30. The summed E-state index contributed by atoms with van der Waals surface area (Å²) in [5.41, 5.74) is 0. The summed E-state index contributed by atoms with van der Waals surface area (Å²) >= 11 is 2.07. The van der Waals surface area contributed by atoms with E-state index in [1.54, 1.807) is 7.11 Å². The van der Waals surface area contributed by atoms with E-state index in [2.05, 4.69) is 26.6 Å². The Morgan fingerprint density at radius 2 is 2.59 bits per heavy atom. The molecule has 1 fully saturated rings. The quantitative estimate of drug-likeness (QED) is 0.758. The molecular weight excluding hydrogens is 234 g/mol. The van der Waals surface area contributed by atoms with Gasteiger partial charge in [0, 0.05) is 44.4 Å². The fourth-order valence-corrected chi connectivity index (χ4v) is 3.25. The molecule has 17 heavy (non-hydrogen) atoms. The van der Waals surface area contributed by atoms with Crippen LogP contribution in [0.5, 0.6) is 0 Å². The Labute approximate surface area is 107 Å². The Hall–Kier alpha value is -0.680. The van der Waals surface area contributed by atoms with Crippen molar-refractivity contribution in [2.75, 3.05) is 31.3 Å². The summed E-state index contributed by atoms with van der Waals surface area (Å²) in [5, 5.41) is 4.22. The summed E-state index contributed by atoms with van der Waals surface area (Å²) < 4.78 is 7.23. The minimum Gasteiger partial charge on any atom is -0.385 e. The zero-order valence-electron chi connectivity index (χ0n) is 10.4. The van der Waals surface area contributed by atoms with E-state index in [1.165, 1.54) is 18.6 Å². The van der Waals surface area contributed by atoms with Crippen molar-refractivity contribution >= 4 is 17.7 Å². The van der Waals surface area contributed by atoms with E-state index in [0.717, 1.165) is 37.3 Å². The average Bonchev–Trinajstić information content (AvgIpc) is 2.97. The fourth-order valence-electron chi connectivity index (χ4n) is 2.05. The number of anilines is 1. The third kappa shape index (κ3) is 3.92. The van der Waals surface area contributed by atoms with Crippen LogP contribution in [0.1, 0.15) is 19.3 Å². The molecule has 0 amide bonds. The summed E-state index contributed by atoms with van der Waals surface area (Å²) in [5.74, 6) is 2.31. The number of nitrogens with zero attached hydrogens (tertiary/aromatic N) is 2. The largest absolute Gasteiger partial charge is 0.385 e. The Morgan fingerprint density at radius 3 is 3.35 bits per heavy atom.